The molecular formula is C16H23N5O3S. The van der Waals surface area contributed by atoms with E-state index in [1.807, 2.05) is 0 Å². The number of hydrogen-bond acceptors (Lipinski definition) is 6. The summed E-state index contributed by atoms with van der Waals surface area (Å²) in [6.45, 7) is 3.97. The molecular weight excluding hydrogens is 342 g/mol. The highest BCUT2D eigenvalue weighted by atomic mass is 32.2. The molecule has 4 rings (SSSR count). The van der Waals surface area contributed by atoms with Gasteiger partial charge in [-0.15, -0.1) is 0 Å². The number of rotatable bonds is 3. The molecule has 0 unspecified atom stereocenters. The average molecular weight is 365 g/mol. The summed E-state index contributed by atoms with van der Waals surface area (Å²) in [5, 5.41) is 3.21. The van der Waals surface area contributed by atoms with Gasteiger partial charge in [-0.1, -0.05) is 0 Å². The Kier molecular flexibility index (Phi) is 3.95. The molecule has 0 aliphatic carbocycles. The quantitative estimate of drug-likeness (QED) is 0.800. The van der Waals surface area contributed by atoms with E-state index in [-0.39, 0.29) is 29.0 Å². The maximum atomic E-state index is 12.5. The molecule has 3 aliphatic heterocycles. The maximum Gasteiger partial charge on any atom is 0.225 e. The topological polar surface area (TPSA) is 95.5 Å². The summed E-state index contributed by atoms with van der Waals surface area (Å²) in [5.41, 5.74) is -0.301. The van der Waals surface area contributed by atoms with Crippen molar-refractivity contribution in [2.75, 3.05) is 36.8 Å². The number of hydrogen-bond donors (Lipinski definition) is 1. The number of nitrogens with one attached hydrogen (secondary N) is 1. The number of aromatic nitrogens is 2. The molecule has 1 N–H and O–H groups in total. The van der Waals surface area contributed by atoms with E-state index in [0.717, 1.165) is 6.54 Å². The van der Waals surface area contributed by atoms with Crippen LogP contribution in [0.3, 0.4) is 0 Å². The number of sulfonamides is 1. The van der Waals surface area contributed by atoms with Crippen LogP contribution in [0, 0.1) is 11.8 Å². The van der Waals surface area contributed by atoms with Gasteiger partial charge in [0.25, 0.3) is 0 Å². The molecule has 0 saturated carbocycles. The zero-order valence-electron chi connectivity index (χ0n) is 14.3. The first-order chi connectivity index (χ1) is 12.0. The van der Waals surface area contributed by atoms with Crippen molar-refractivity contribution < 1.29 is 13.2 Å². The lowest BCUT2D eigenvalue weighted by atomic mass is 9.76. The number of anilines is 1. The van der Waals surface area contributed by atoms with Gasteiger partial charge in [-0.05, 0) is 25.8 Å². The average Bonchev–Trinajstić information content (AvgIpc) is 3.17. The van der Waals surface area contributed by atoms with E-state index in [0.29, 0.717) is 38.4 Å². The molecule has 1 spiro atoms. The van der Waals surface area contributed by atoms with Crippen LogP contribution in [0.1, 0.15) is 19.8 Å². The van der Waals surface area contributed by atoms with Crippen LogP contribution < -0.4 is 10.2 Å². The number of fused-ring (bicyclic) bond motifs is 2. The maximum absolute atomic E-state index is 12.5. The summed E-state index contributed by atoms with van der Waals surface area (Å²) in [5.74, 6) is 0.965. The molecule has 25 heavy (non-hydrogen) atoms. The van der Waals surface area contributed by atoms with E-state index >= 15 is 0 Å². The second-order valence-electron chi connectivity index (χ2n) is 7.11. The summed E-state index contributed by atoms with van der Waals surface area (Å²) in [6, 6.07) is 1.78. The molecule has 1 amide bonds. The van der Waals surface area contributed by atoms with Crippen LogP contribution in [0.4, 0.5) is 5.95 Å². The van der Waals surface area contributed by atoms with Gasteiger partial charge in [0.15, 0.2) is 0 Å². The SMILES string of the molecule is CCS(=O)(=O)N1CCC2(CC1)NC(=O)[C@H]1CN(c3ncccn3)C[C@H]12. The smallest absolute Gasteiger partial charge is 0.225 e. The van der Waals surface area contributed by atoms with Gasteiger partial charge in [0, 0.05) is 50.0 Å². The lowest BCUT2D eigenvalue weighted by Crippen LogP contribution is -2.56. The summed E-state index contributed by atoms with van der Waals surface area (Å²) < 4.78 is 25.8. The lowest BCUT2D eigenvalue weighted by Gasteiger charge is -2.42. The molecule has 136 valence electrons. The van der Waals surface area contributed by atoms with Gasteiger partial charge in [-0.3, -0.25) is 4.79 Å². The van der Waals surface area contributed by atoms with Crippen LogP contribution in [0.5, 0.6) is 0 Å². The van der Waals surface area contributed by atoms with Crippen LogP contribution in [0.2, 0.25) is 0 Å². The Labute approximate surface area is 147 Å². The Balaban J connectivity index is 1.52. The fourth-order valence-electron chi connectivity index (χ4n) is 4.52. The minimum atomic E-state index is -3.17. The summed E-state index contributed by atoms with van der Waals surface area (Å²) >= 11 is 0. The van der Waals surface area contributed by atoms with Crippen molar-refractivity contribution in [1.82, 2.24) is 19.6 Å². The van der Waals surface area contributed by atoms with Crippen molar-refractivity contribution in [3.8, 4) is 0 Å². The van der Waals surface area contributed by atoms with E-state index in [1.165, 1.54) is 0 Å². The van der Waals surface area contributed by atoms with Gasteiger partial charge in [0.2, 0.25) is 21.9 Å². The standard InChI is InChI=1S/C16H23N5O3S/c1-2-25(23,24)21-8-4-16(5-9-21)13-11-20(10-12(13)14(22)19-16)15-17-6-3-7-18-15/h3,6-7,12-13H,2,4-5,8-11H2,1H3,(H,19,22)/t12-,13+/m0/s1. The first-order valence-corrected chi connectivity index (χ1v) is 10.4. The van der Waals surface area contributed by atoms with Crippen molar-refractivity contribution in [3.05, 3.63) is 18.5 Å². The van der Waals surface area contributed by atoms with Crippen LogP contribution >= 0.6 is 0 Å². The van der Waals surface area contributed by atoms with Crippen molar-refractivity contribution in [2.24, 2.45) is 11.8 Å². The molecule has 0 radical (unpaired) electrons. The first kappa shape index (κ1) is 16.7. The van der Waals surface area contributed by atoms with Crippen LogP contribution in [-0.4, -0.2) is 66.1 Å². The number of nitrogens with zero attached hydrogens (tertiary/aromatic N) is 4. The lowest BCUT2D eigenvalue weighted by molar-refractivity contribution is -0.122. The highest BCUT2D eigenvalue weighted by Gasteiger charge is 2.58. The molecule has 2 atom stereocenters. The molecule has 8 nitrogen and oxygen atoms in total. The fraction of sp³-hybridized carbons (Fsp3) is 0.688. The fourth-order valence-corrected chi connectivity index (χ4v) is 5.62. The second kappa shape index (κ2) is 5.91. The Bertz CT molecular complexity index is 761. The van der Waals surface area contributed by atoms with Crippen LogP contribution in [0.25, 0.3) is 0 Å². The van der Waals surface area contributed by atoms with Crippen molar-refractivity contribution in [2.45, 2.75) is 25.3 Å². The summed E-state index contributed by atoms with van der Waals surface area (Å²) in [7, 11) is -3.17. The van der Waals surface area contributed by atoms with Gasteiger partial charge >= 0.3 is 0 Å². The predicted molar refractivity (Wildman–Crippen MR) is 92.4 cm³/mol. The molecule has 4 heterocycles. The van der Waals surface area contributed by atoms with E-state index < -0.39 is 10.0 Å². The van der Waals surface area contributed by atoms with Crippen molar-refractivity contribution >= 4 is 21.9 Å². The molecule has 1 aromatic heterocycles. The predicted octanol–water partition coefficient (Wildman–Crippen LogP) is -0.157. The number of carbonyl (C=O) groups is 1. The van der Waals surface area contributed by atoms with Gasteiger partial charge in [-0.2, -0.15) is 0 Å². The second-order valence-corrected chi connectivity index (χ2v) is 9.37. The minimum absolute atomic E-state index is 0.0712. The highest BCUT2D eigenvalue weighted by molar-refractivity contribution is 7.89. The van der Waals surface area contributed by atoms with Gasteiger partial charge < -0.3 is 10.2 Å². The van der Waals surface area contributed by atoms with Crippen molar-refractivity contribution in [3.63, 3.8) is 0 Å². The van der Waals surface area contributed by atoms with Gasteiger partial charge in [0.05, 0.1) is 11.7 Å². The van der Waals surface area contributed by atoms with Crippen LogP contribution in [-0.2, 0) is 14.8 Å². The van der Waals surface area contributed by atoms with Gasteiger partial charge in [-0.25, -0.2) is 22.7 Å². The number of carbonyl (C=O) groups excluding carboxylic acids is 1. The van der Waals surface area contributed by atoms with E-state index in [4.69, 9.17) is 0 Å². The molecule has 3 saturated heterocycles. The monoisotopic (exact) mass is 365 g/mol. The van der Waals surface area contributed by atoms with E-state index in [2.05, 4.69) is 20.2 Å². The zero-order valence-corrected chi connectivity index (χ0v) is 15.1. The van der Waals surface area contributed by atoms with Crippen LogP contribution in [0.15, 0.2) is 18.5 Å². The molecule has 9 heteroatoms. The highest BCUT2D eigenvalue weighted by Crippen LogP contribution is 2.44. The van der Waals surface area contributed by atoms with E-state index in [1.54, 1.807) is 29.7 Å². The zero-order chi connectivity index (χ0) is 17.7. The summed E-state index contributed by atoms with van der Waals surface area (Å²) in [6.07, 6.45) is 4.76. The largest absolute Gasteiger partial charge is 0.350 e. The normalized spacial score (nSPS) is 29.0. The van der Waals surface area contributed by atoms with Crippen molar-refractivity contribution in [1.29, 1.82) is 0 Å². The third-order valence-electron chi connectivity index (χ3n) is 5.95. The molecule has 0 bridgehead atoms. The summed E-state index contributed by atoms with van der Waals surface area (Å²) in [4.78, 5) is 23.2. The number of amides is 1. The third kappa shape index (κ3) is 2.69. The first-order valence-electron chi connectivity index (χ1n) is 8.77. The molecule has 1 aromatic rings. The van der Waals surface area contributed by atoms with E-state index in [9.17, 15) is 13.2 Å². The number of piperidine rings is 1. The molecule has 3 aliphatic rings. The molecule has 3 fully saturated rings. The molecule has 0 aromatic carbocycles. The Hall–Kier alpha value is -1.74. The Morgan fingerprint density at radius 3 is 2.56 bits per heavy atom. The third-order valence-corrected chi connectivity index (χ3v) is 7.83. The minimum Gasteiger partial charge on any atom is -0.350 e. The Morgan fingerprint density at radius 2 is 1.92 bits per heavy atom. The Morgan fingerprint density at radius 1 is 1.24 bits per heavy atom. The van der Waals surface area contributed by atoms with Gasteiger partial charge in [0.1, 0.15) is 0 Å².